The monoisotopic (exact) mass is 331 g/mol. The van der Waals surface area contributed by atoms with E-state index < -0.39 is 12.1 Å². The van der Waals surface area contributed by atoms with Crippen LogP contribution in [0.1, 0.15) is 25.7 Å². The predicted molar refractivity (Wildman–Crippen MR) is 87.7 cm³/mol. The van der Waals surface area contributed by atoms with Gasteiger partial charge in [-0.15, -0.1) is 0 Å². The lowest BCUT2D eigenvalue weighted by Gasteiger charge is -2.20. The van der Waals surface area contributed by atoms with Gasteiger partial charge in [0.15, 0.2) is 0 Å². The Morgan fingerprint density at radius 2 is 1.88 bits per heavy atom. The molecule has 7 heteroatoms. The molecule has 128 valence electrons. The van der Waals surface area contributed by atoms with E-state index in [0.29, 0.717) is 24.4 Å². The van der Waals surface area contributed by atoms with E-state index in [1.807, 2.05) is 0 Å². The van der Waals surface area contributed by atoms with Gasteiger partial charge in [0.05, 0.1) is 31.3 Å². The van der Waals surface area contributed by atoms with Crippen molar-refractivity contribution in [3.63, 3.8) is 0 Å². The number of anilines is 1. The van der Waals surface area contributed by atoms with Crippen LogP contribution in [0.25, 0.3) is 0 Å². The summed E-state index contributed by atoms with van der Waals surface area (Å²) in [6, 6.07) is 5.67. The summed E-state index contributed by atoms with van der Waals surface area (Å²) < 4.78 is 5.09. The maximum absolute atomic E-state index is 12.6. The Labute approximate surface area is 140 Å². The summed E-state index contributed by atoms with van der Waals surface area (Å²) in [5.41, 5.74) is 0.514. The first-order valence-corrected chi connectivity index (χ1v) is 8.15. The van der Waals surface area contributed by atoms with Gasteiger partial charge in [0, 0.05) is 6.54 Å². The summed E-state index contributed by atoms with van der Waals surface area (Å²) in [4.78, 5) is 38.1. The van der Waals surface area contributed by atoms with Crippen molar-refractivity contribution in [3.05, 3.63) is 24.3 Å². The highest BCUT2D eigenvalue weighted by molar-refractivity contribution is 6.22. The molecule has 2 N–H and O–H groups in total. The van der Waals surface area contributed by atoms with Crippen molar-refractivity contribution in [3.8, 4) is 5.75 Å². The van der Waals surface area contributed by atoms with Crippen LogP contribution in [0.3, 0.4) is 0 Å². The van der Waals surface area contributed by atoms with E-state index in [1.54, 1.807) is 31.4 Å². The molecule has 24 heavy (non-hydrogen) atoms. The van der Waals surface area contributed by atoms with Gasteiger partial charge in [0.2, 0.25) is 11.8 Å². The maximum Gasteiger partial charge on any atom is 0.251 e. The van der Waals surface area contributed by atoms with Crippen molar-refractivity contribution in [2.45, 2.75) is 37.8 Å². The first-order valence-electron chi connectivity index (χ1n) is 8.15. The fourth-order valence-corrected chi connectivity index (χ4v) is 3.11. The maximum atomic E-state index is 12.6. The van der Waals surface area contributed by atoms with E-state index >= 15 is 0 Å². The Bertz CT molecular complexity index is 644. The van der Waals surface area contributed by atoms with Crippen molar-refractivity contribution in [2.24, 2.45) is 0 Å². The number of nitrogens with one attached hydrogen (secondary N) is 2. The quantitative estimate of drug-likeness (QED) is 0.788. The van der Waals surface area contributed by atoms with Gasteiger partial charge in [-0.05, 0) is 43.5 Å². The molecule has 0 unspecified atom stereocenters. The summed E-state index contributed by atoms with van der Waals surface area (Å²) in [5, 5.41) is 5.89. The summed E-state index contributed by atoms with van der Waals surface area (Å²) >= 11 is 0. The van der Waals surface area contributed by atoms with E-state index in [4.69, 9.17) is 4.74 Å². The van der Waals surface area contributed by atoms with Crippen LogP contribution in [0.4, 0.5) is 5.69 Å². The molecular weight excluding hydrogens is 310 g/mol. The Morgan fingerprint density at radius 1 is 1.12 bits per heavy atom. The molecule has 2 atom stereocenters. The molecule has 2 heterocycles. The summed E-state index contributed by atoms with van der Waals surface area (Å²) in [5.74, 6) is -0.0304. The molecule has 1 aromatic rings. The SMILES string of the molecule is COc1ccc(N2C(=O)C[C@@H](N[C@H]3CCCCNC3=O)C2=O)cc1. The van der Waals surface area contributed by atoms with Crippen molar-refractivity contribution in [1.29, 1.82) is 0 Å². The van der Waals surface area contributed by atoms with Crippen LogP contribution in [0, 0.1) is 0 Å². The second kappa shape index (κ2) is 7.00. The second-order valence-corrected chi connectivity index (χ2v) is 6.03. The molecule has 2 aliphatic heterocycles. The number of carbonyl (C=O) groups excluding carboxylic acids is 3. The van der Waals surface area contributed by atoms with Crippen molar-refractivity contribution in [1.82, 2.24) is 10.6 Å². The number of ether oxygens (including phenoxy) is 1. The topological polar surface area (TPSA) is 87.7 Å². The number of amides is 3. The molecule has 3 rings (SSSR count). The molecule has 0 radical (unpaired) electrons. The minimum Gasteiger partial charge on any atom is -0.497 e. The molecule has 3 amide bonds. The predicted octanol–water partition coefficient (Wildman–Crippen LogP) is 0.585. The van der Waals surface area contributed by atoms with E-state index in [1.165, 1.54) is 4.90 Å². The van der Waals surface area contributed by atoms with E-state index in [2.05, 4.69) is 10.6 Å². The van der Waals surface area contributed by atoms with E-state index in [-0.39, 0.29) is 24.1 Å². The largest absolute Gasteiger partial charge is 0.497 e. The molecule has 0 spiro atoms. The lowest BCUT2D eigenvalue weighted by Crippen LogP contribution is -2.50. The second-order valence-electron chi connectivity index (χ2n) is 6.03. The third-order valence-electron chi connectivity index (χ3n) is 4.41. The lowest BCUT2D eigenvalue weighted by atomic mass is 10.1. The number of hydrogen-bond acceptors (Lipinski definition) is 5. The van der Waals surface area contributed by atoms with Crippen LogP contribution in [-0.4, -0.2) is 43.5 Å². The number of imide groups is 1. The van der Waals surface area contributed by atoms with Crippen LogP contribution in [0.2, 0.25) is 0 Å². The fraction of sp³-hybridized carbons (Fsp3) is 0.471. The molecule has 7 nitrogen and oxygen atoms in total. The van der Waals surface area contributed by atoms with Gasteiger partial charge in [0.25, 0.3) is 5.91 Å². The third kappa shape index (κ3) is 3.26. The minimum absolute atomic E-state index is 0.0641. The van der Waals surface area contributed by atoms with Gasteiger partial charge in [-0.25, -0.2) is 4.90 Å². The molecule has 0 aliphatic carbocycles. The van der Waals surface area contributed by atoms with Gasteiger partial charge in [-0.1, -0.05) is 0 Å². The zero-order valence-electron chi connectivity index (χ0n) is 13.6. The Balaban J connectivity index is 1.72. The van der Waals surface area contributed by atoms with Crippen LogP contribution >= 0.6 is 0 Å². The third-order valence-corrected chi connectivity index (χ3v) is 4.41. The highest BCUT2D eigenvalue weighted by atomic mass is 16.5. The van der Waals surface area contributed by atoms with E-state index in [0.717, 1.165) is 12.8 Å². The average molecular weight is 331 g/mol. The Hall–Kier alpha value is -2.41. The molecule has 0 bridgehead atoms. The minimum atomic E-state index is -0.659. The van der Waals surface area contributed by atoms with Gasteiger partial charge in [0.1, 0.15) is 5.75 Å². The number of carbonyl (C=O) groups is 3. The normalized spacial score (nSPS) is 24.7. The molecule has 2 fully saturated rings. The summed E-state index contributed by atoms with van der Waals surface area (Å²) in [7, 11) is 1.55. The summed E-state index contributed by atoms with van der Waals surface area (Å²) in [6.45, 7) is 0.659. The van der Waals surface area contributed by atoms with Gasteiger partial charge in [-0.3, -0.25) is 19.7 Å². The Morgan fingerprint density at radius 3 is 2.58 bits per heavy atom. The Kier molecular flexibility index (Phi) is 4.80. The number of rotatable bonds is 4. The average Bonchev–Trinajstić information content (AvgIpc) is 2.73. The number of benzene rings is 1. The van der Waals surface area contributed by atoms with Crippen molar-refractivity contribution in [2.75, 3.05) is 18.6 Å². The van der Waals surface area contributed by atoms with Crippen LogP contribution in [0.15, 0.2) is 24.3 Å². The standard InChI is InChI=1S/C17H21N3O4/c1-24-12-7-5-11(6-8-12)20-15(21)10-14(17(20)23)19-13-4-2-3-9-18-16(13)22/h5-8,13-14,19H,2-4,9-10H2,1H3,(H,18,22)/t13-,14+/m0/s1. The zero-order valence-corrected chi connectivity index (χ0v) is 13.6. The highest BCUT2D eigenvalue weighted by Crippen LogP contribution is 2.25. The van der Waals surface area contributed by atoms with Crippen LogP contribution < -0.4 is 20.3 Å². The fourth-order valence-electron chi connectivity index (χ4n) is 3.11. The highest BCUT2D eigenvalue weighted by Gasteiger charge is 2.41. The lowest BCUT2D eigenvalue weighted by molar-refractivity contribution is -0.123. The first-order chi connectivity index (χ1) is 11.6. The van der Waals surface area contributed by atoms with Gasteiger partial charge in [-0.2, -0.15) is 0 Å². The molecule has 0 saturated carbocycles. The first kappa shape index (κ1) is 16.4. The molecule has 2 aliphatic rings. The molecule has 0 aromatic heterocycles. The number of hydrogen-bond donors (Lipinski definition) is 2. The molecule has 2 saturated heterocycles. The smallest absolute Gasteiger partial charge is 0.251 e. The van der Waals surface area contributed by atoms with Crippen molar-refractivity contribution < 1.29 is 19.1 Å². The summed E-state index contributed by atoms with van der Waals surface area (Å²) in [6.07, 6.45) is 2.58. The molecular formula is C17H21N3O4. The van der Waals surface area contributed by atoms with Crippen LogP contribution in [0.5, 0.6) is 5.75 Å². The van der Waals surface area contributed by atoms with Gasteiger partial charge >= 0.3 is 0 Å². The van der Waals surface area contributed by atoms with Crippen LogP contribution in [-0.2, 0) is 14.4 Å². The van der Waals surface area contributed by atoms with E-state index in [9.17, 15) is 14.4 Å². The van der Waals surface area contributed by atoms with Crippen molar-refractivity contribution >= 4 is 23.4 Å². The molecule has 1 aromatic carbocycles. The number of nitrogens with zero attached hydrogens (tertiary/aromatic N) is 1. The van der Waals surface area contributed by atoms with Gasteiger partial charge < -0.3 is 10.1 Å². The number of methoxy groups -OCH3 is 1. The zero-order chi connectivity index (χ0) is 17.1.